The van der Waals surface area contributed by atoms with Crippen molar-refractivity contribution < 1.29 is 4.74 Å². The molecule has 0 atom stereocenters. The Hall–Kier alpha value is 0.240. The molecule has 0 saturated carbocycles. The molecule has 0 unspecified atom stereocenters. The number of rotatable bonds is 3. The number of hydrogen-bond donors (Lipinski definition) is 1. The molecule has 48 valence electrons. The Bertz CT molecular complexity index is 64.8. The Morgan fingerprint density at radius 2 is 2.38 bits per heavy atom. The van der Waals surface area contributed by atoms with Crippen LogP contribution in [0.3, 0.4) is 0 Å². The molecule has 8 heavy (non-hydrogen) atoms. The van der Waals surface area contributed by atoms with Crippen LogP contribution in [-0.2, 0) is 4.74 Å². The predicted molar refractivity (Wildman–Crippen MR) is 42.7 cm³/mol. The fourth-order valence-corrected chi connectivity index (χ4v) is 0.899. The highest BCUT2D eigenvalue weighted by Crippen LogP contribution is 1.90. The van der Waals surface area contributed by atoms with Crippen LogP contribution >= 0.6 is 24.8 Å². The third kappa shape index (κ3) is 4.40. The first kappa shape index (κ1) is 8.24. The van der Waals surface area contributed by atoms with Crippen molar-refractivity contribution in [3.63, 3.8) is 0 Å². The van der Waals surface area contributed by atoms with Crippen LogP contribution in [0.4, 0.5) is 0 Å². The second kappa shape index (κ2) is 5.38. The van der Waals surface area contributed by atoms with Crippen molar-refractivity contribution in [1.29, 1.82) is 0 Å². The summed E-state index contributed by atoms with van der Waals surface area (Å²) in [4.78, 5) is 0. The second-order valence-electron chi connectivity index (χ2n) is 1.28. The summed E-state index contributed by atoms with van der Waals surface area (Å²) in [6.07, 6.45) is 0.784. The van der Waals surface area contributed by atoms with Gasteiger partial charge in [-0.1, -0.05) is 0 Å². The van der Waals surface area contributed by atoms with Gasteiger partial charge in [-0.3, -0.25) is 0 Å². The summed E-state index contributed by atoms with van der Waals surface area (Å²) in [5, 5.41) is 0.669. The van der Waals surface area contributed by atoms with E-state index < -0.39 is 0 Å². The van der Waals surface area contributed by atoms with Gasteiger partial charge in [0.25, 0.3) is 0 Å². The molecule has 0 heterocycles. The van der Waals surface area contributed by atoms with Crippen molar-refractivity contribution in [2.24, 2.45) is 0 Å². The van der Waals surface area contributed by atoms with E-state index in [0.29, 0.717) is 11.7 Å². The molecule has 0 amide bonds. The van der Waals surface area contributed by atoms with Crippen LogP contribution in [-0.4, -0.2) is 17.4 Å². The van der Waals surface area contributed by atoms with Gasteiger partial charge in [-0.2, -0.15) is 12.6 Å². The lowest BCUT2D eigenvalue weighted by atomic mass is 10.5. The van der Waals surface area contributed by atoms with Gasteiger partial charge in [0.05, 0.1) is 6.61 Å². The van der Waals surface area contributed by atoms with Crippen LogP contribution in [0.2, 0.25) is 0 Å². The Labute approximate surface area is 60.8 Å². The van der Waals surface area contributed by atoms with Crippen molar-refractivity contribution in [3.8, 4) is 0 Å². The molecule has 0 saturated heterocycles. The summed E-state index contributed by atoms with van der Waals surface area (Å²) < 4.78 is 4.96. The predicted octanol–water partition coefficient (Wildman–Crippen LogP) is 1.67. The Morgan fingerprint density at radius 1 is 1.75 bits per heavy atom. The minimum atomic E-state index is 0.669. The third-order valence-electron chi connectivity index (χ3n) is 0.621. The molecule has 0 aromatic carbocycles. The van der Waals surface area contributed by atoms with Gasteiger partial charge >= 0.3 is 0 Å². The molecule has 0 aliphatic rings. The summed E-state index contributed by atoms with van der Waals surface area (Å²) >= 11 is 8.77. The van der Waals surface area contributed by atoms with Gasteiger partial charge in [0, 0.05) is 6.42 Å². The summed E-state index contributed by atoms with van der Waals surface area (Å²) in [7, 11) is 0. The molecule has 0 aromatic heterocycles. The summed E-state index contributed by atoms with van der Waals surface area (Å²) in [5.41, 5.74) is 0. The lowest BCUT2D eigenvalue weighted by Gasteiger charge is -1.99. The molecule has 0 aromatic rings. The zero-order chi connectivity index (χ0) is 6.41. The van der Waals surface area contributed by atoms with Gasteiger partial charge in [-0.15, -0.1) is 0 Å². The normalized spacial score (nSPS) is 8.75. The molecule has 0 fully saturated rings. The van der Waals surface area contributed by atoms with E-state index in [0.717, 1.165) is 12.2 Å². The highest BCUT2D eigenvalue weighted by molar-refractivity contribution is 7.81. The molecular formula is C5H10OS2. The average molecular weight is 150 g/mol. The lowest BCUT2D eigenvalue weighted by Crippen LogP contribution is -2.00. The van der Waals surface area contributed by atoms with Crippen molar-refractivity contribution in [1.82, 2.24) is 0 Å². The molecule has 0 bridgehead atoms. The van der Waals surface area contributed by atoms with Crippen molar-refractivity contribution in [2.45, 2.75) is 13.3 Å². The van der Waals surface area contributed by atoms with Crippen LogP contribution in [0.25, 0.3) is 0 Å². The Morgan fingerprint density at radius 3 is 2.75 bits per heavy atom. The Kier molecular flexibility index (Phi) is 5.54. The number of ether oxygens (including phenoxy) is 1. The van der Waals surface area contributed by atoms with E-state index in [1.165, 1.54) is 0 Å². The third-order valence-corrected chi connectivity index (χ3v) is 1.17. The minimum absolute atomic E-state index is 0.669. The first-order valence-corrected chi connectivity index (χ1v) is 3.61. The van der Waals surface area contributed by atoms with Gasteiger partial charge < -0.3 is 4.74 Å². The SMILES string of the molecule is CCOC(=S)CCS. The van der Waals surface area contributed by atoms with Gasteiger partial charge in [-0.25, -0.2) is 0 Å². The first-order chi connectivity index (χ1) is 3.81. The molecule has 0 rings (SSSR count). The van der Waals surface area contributed by atoms with Crippen molar-refractivity contribution >= 4 is 29.9 Å². The van der Waals surface area contributed by atoms with Crippen molar-refractivity contribution in [3.05, 3.63) is 0 Å². The van der Waals surface area contributed by atoms with Crippen LogP contribution in [0, 0.1) is 0 Å². The zero-order valence-corrected chi connectivity index (χ0v) is 6.60. The maximum absolute atomic E-state index is 4.96. The summed E-state index contributed by atoms with van der Waals surface area (Å²) in [6, 6.07) is 0. The molecule has 0 aliphatic carbocycles. The van der Waals surface area contributed by atoms with Crippen LogP contribution in [0.1, 0.15) is 13.3 Å². The fraction of sp³-hybridized carbons (Fsp3) is 0.800. The van der Waals surface area contributed by atoms with Crippen LogP contribution < -0.4 is 0 Å². The topological polar surface area (TPSA) is 9.23 Å². The quantitative estimate of drug-likeness (QED) is 0.484. The van der Waals surface area contributed by atoms with E-state index in [4.69, 9.17) is 17.0 Å². The number of hydrogen-bond acceptors (Lipinski definition) is 3. The molecule has 1 nitrogen and oxygen atoms in total. The Balaban J connectivity index is 3.06. The smallest absolute Gasteiger partial charge is 0.160 e. The van der Waals surface area contributed by atoms with E-state index in [1.807, 2.05) is 6.92 Å². The standard InChI is InChI=1S/C5H10OS2/c1-2-6-5(8)3-4-7/h7H,2-4H2,1H3. The maximum Gasteiger partial charge on any atom is 0.160 e. The monoisotopic (exact) mass is 150 g/mol. The van der Waals surface area contributed by atoms with Crippen molar-refractivity contribution in [2.75, 3.05) is 12.4 Å². The summed E-state index contributed by atoms with van der Waals surface area (Å²) in [5.74, 6) is 0.777. The largest absolute Gasteiger partial charge is 0.487 e. The average Bonchev–Trinajstić information content (AvgIpc) is 1.68. The maximum atomic E-state index is 4.96. The van der Waals surface area contributed by atoms with E-state index in [9.17, 15) is 0 Å². The van der Waals surface area contributed by atoms with E-state index in [-0.39, 0.29) is 0 Å². The van der Waals surface area contributed by atoms with Gasteiger partial charge in [0.2, 0.25) is 0 Å². The van der Waals surface area contributed by atoms with Crippen LogP contribution in [0.5, 0.6) is 0 Å². The highest BCUT2D eigenvalue weighted by Gasteiger charge is 1.90. The van der Waals surface area contributed by atoms with E-state index in [2.05, 4.69) is 12.6 Å². The molecular weight excluding hydrogens is 140 g/mol. The fourth-order valence-electron chi connectivity index (χ4n) is 0.324. The highest BCUT2D eigenvalue weighted by atomic mass is 32.1. The summed E-state index contributed by atoms with van der Waals surface area (Å²) in [6.45, 7) is 2.59. The van der Waals surface area contributed by atoms with Gasteiger partial charge in [0.15, 0.2) is 5.05 Å². The van der Waals surface area contributed by atoms with E-state index in [1.54, 1.807) is 0 Å². The molecule has 3 heteroatoms. The van der Waals surface area contributed by atoms with E-state index >= 15 is 0 Å². The first-order valence-electron chi connectivity index (χ1n) is 2.57. The zero-order valence-electron chi connectivity index (χ0n) is 4.89. The molecule has 0 spiro atoms. The molecule has 0 radical (unpaired) electrons. The van der Waals surface area contributed by atoms with Crippen LogP contribution in [0.15, 0.2) is 0 Å². The lowest BCUT2D eigenvalue weighted by molar-refractivity contribution is 0.329. The number of thiocarbonyl (C=S) groups is 1. The molecule has 0 N–H and O–H groups in total. The molecule has 0 aliphatic heterocycles. The van der Waals surface area contributed by atoms with Gasteiger partial charge in [0.1, 0.15) is 0 Å². The minimum Gasteiger partial charge on any atom is -0.487 e. The van der Waals surface area contributed by atoms with Gasteiger partial charge in [-0.05, 0) is 24.9 Å². The number of thiol groups is 1. The second-order valence-corrected chi connectivity index (χ2v) is 2.18.